The molecule has 30 heavy (non-hydrogen) atoms. The van der Waals surface area contributed by atoms with Crippen molar-refractivity contribution in [2.75, 3.05) is 13.7 Å². The number of amides is 3. The van der Waals surface area contributed by atoms with E-state index >= 15 is 0 Å². The highest BCUT2D eigenvalue weighted by atomic mass is 16.3. The van der Waals surface area contributed by atoms with Gasteiger partial charge in [-0.05, 0) is 38.5 Å². The zero-order valence-corrected chi connectivity index (χ0v) is 19.7. The molecule has 3 N–H and O–H groups in total. The van der Waals surface area contributed by atoms with E-state index in [1.54, 1.807) is 14.0 Å². The van der Waals surface area contributed by atoms with Gasteiger partial charge in [0.1, 0.15) is 6.04 Å². The third-order valence-electron chi connectivity index (χ3n) is 6.20. The third-order valence-corrected chi connectivity index (χ3v) is 6.20. The summed E-state index contributed by atoms with van der Waals surface area (Å²) in [5.41, 5.74) is -0.441. The van der Waals surface area contributed by atoms with Gasteiger partial charge in [-0.15, -0.1) is 0 Å². The molecule has 0 aromatic heterocycles. The fourth-order valence-corrected chi connectivity index (χ4v) is 5.45. The van der Waals surface area contributed by atoms with Gasteiger partial charge < -0.3 is 20.6 Å². The fraction of sp³-hybridized carbons (Fsp3) is 0.783. The number of carbonyl (C=O) groups excluding carboxylic acids is 3. The lowest BCUT2D eigenvalue weighted by Gasteiger charge is -2.37. The van der Waals surface area contributed by atoms with Crippen LogP contribution < -0.4 is 10.6 Å². The van der Waals surface area contributed by atoms with Gasteiger partial charge in [0, 0.05) is 18.5 Å². The molecule has 0 unspecified atom stereocenters. The van der Waals surface area contributed by atoms with Gasteiger partial charge in [-0.3, -0.25) is 14.4 Å². The Kier molecular flexibility index (Phi) is 7.06. The van der Waals surface area contributed by atoms with Crippen LogP contribution in [0.3, 0.4) is 0 Å². The maximum absolute atomic E-state index is 13.5. The van der Waals surface area contributed by atoms with E-state index in [4.69, 9.17) is 0 Å². The number of rotatable bonds is 6. The van der Waals surface area contributed by atoms with Gasteiger partial charge in [-0.2, -0.15) is 0 Å². The van der Waals surface area contributed by atoms with Crippen molar-refractivity contribution in [3.63, 3.8) is 0 Å². The van der Waals surface area contributed by atoms with E-state index in [9.17, 15) is 19.5 Å². The van der Waals surface area contributed by atoms with Gasteiger partial charge in [-0.25, -0.2) is 0 Å². The molecule has 7 heteroatoms. The highest BCUT2D eigenvalue weighted by Gasteiger charge is 2.57. The number of fused-ring (bicyclic) bond motifs is 1. The second-order valence-electron chi connectivity index (χ2n) is 10.8. The van der Waals surface area contributed by atoms with E-state index < -0.39 is 35.4 Å². The minimum Gasteiger partial charge on any atom is -0.394 e. The zero-order valence-electron chi connectivity index (χ0n) is 19.7. The average molecular weight is 422 g/mol. The quantitative estimate of drug-likeness (QED) is 0.569. The normalized spacial score (nSPS) is 30.1. The van der Waals surface area contributed by atoms with E-state index in [0.29, 0.717) is 0 Å². The van der Waals surface area contributed by atoms with Crippen molar-refractivity contribution in [1.82, 2.24) is 15.5 Å². The number of nitrogens with zero attached hydrogens (tertiary/aromatic N) is 1. The van der Waals surface area contributed by atoms with E-state index in [1.807, 2.05) is 32.9 Å². The first-order chi connectivity index (χ1) is 13.7. The number of hydrogen-bond donors (Lipinski definition) is 3. The summed E-state index contributed by atoms with van der Waals surface area (Å²) in [6.45, 7) is 13.7. The van der Waals surface area contributed by atoms with Crippen molar-refractivity contribution in [1.29, 1.82) is 0 Å². The van der Waals surface area contributed by atoms with Crippen LogP contribution in [0.5, 0.6) is 0 Å². The summed E-state index contributed by atoms with van der Waals surface area (Å²) in [6.07, 6.45) is 4.61. The first-order valence-electron chi connectivity index (χ1n) is 10.9. The number of aliphatic hydroxyl groups is 1. The van der Waals surface area contributed by atoms with Crippen LogP contribution in [0.25, 0.3) is 0 Å². The van der Waals surface area contributed by atoms with E-state index in [0.717, 1.165) is 6.42 Å². The zero-order chi connectivity index (χ0) is 23.0. The molecule has 3 amide bonds. The Morgan fingerprint density at radius 1 is 1.17 bits per heavy atom. The molecule has 2 rings (SSSR count). The van der Waals surface area contributed by atoms with Crippen molar-refractivity contribution in [3.05, 3.63) is 12.2 Å². The number of aliphatic hydroxyl groups excluding tert-OH is 1. The molecule has 6 atom stereocenters. The molecule has 1 saturated heterocycles. The van der Waals surface area contributed by atoms with Crippen LogP contribution in [0.1, 0.15) is 54.9 Å². The molecule has 0 radical (unpaired) electrons. The number of likely N-dealkylation sites (tertiary alicyclic amines) is 1. The fourth-order valence-electron chi connectivity index (χ4n) is 5.45. The average Bonchev–Trinajstić information content (AvgIpc) is 2.90. The van der Waals surface area contributed by atoms with Crippen LogP contribution in [0, 0.1) is 29.1 Å². The van der Waals surface area contributed by atoms with Crippen LogP contribution in [0.15, 0.2) is 12.2 Å². The Labute approximate surface area is 180 Å². The van der Waals surface area contributed by atoms with Crippen LogP contribution in [-0.2, 0) is 14.4 Å². The van der Waals surface area contributed by atoms with Crippen LogP contribution >= 0.6 is 0 Å². The van der Waals surface area contributed by atoms with Gasteiger partial charge in [-0.1, -0.05) is 39.8 Å². The molecule has 0 spiro atoms. The van der Waals surface area contributed by atoms with Gasteiger partial charge in [0.2, 0.25) is 17.7 Å². The SMILES string of the molecule is CNC(=O)[C@H]1[C@@H]2C(=O)N([C@H](C)CO)[C@H](C(=O)NC(C)(C)CC(C)(C)C)[C@H]2C=C[C@H]1C. The Bertz CT molecular complexity index is 710. The molecule has 1 aliphatic heterocycles. The Morgan fingerprint density at radius 2 is 1.77 bits per heavy atom. The van der Waals surface area contributed by atoms with Gasteiger partial charge in [0.15, 0.2) is 0 Å². The van der Waals surface area contributed by atoms with Crippen molar-refractivity contribution in [2.24, 2.45) is 29.1 Å². The highest BCUT2D eigenvalue weighted by molar-refractivity contribution is 5.97. The Hall–Kier alpha value is -1.89. The first kappa shape index (κ1) is 24.4. The molecule has 7 nitrogen and oxygen atoms in total. The van der Waals surface area contributed by atoms with E-state index in [1.165, 1.54) is 4.90 Å². The summed E-state index contributed by atoms with van der Waals surface area (Å²) in [7, 11) is 1.56. The van der Waals surface area contributed by atoms with Gasteiger partial charge in [0.05, 0.1) is 24.5 Å². The number of carbonyl (C=O) groups is 3. The highest BCUT2D eigenvalue weighted by Crippen LogP contribution is 2.44. The van der Waals surface area contributed by atoms with Gasteiger partial charge in [0.25, 0.3) is 0 Å². The van der Waals surface area contributed by atoms with Crippen LogP contribution in [-0.4, -0.2) is 59.0 Å². The lowest BCUT2D eigenvalue weighted by atomic mass is 9.70. The van der Waals surface area contributed by atoms with Crippen molar-refractivity contribution in [3.8, 4) is 0 Å². The minimum atomic E-state index is -0.750. The summed E-state index contributed by atoms with van der Waals surface area (Å²) < 4.78 is 0. The predicted octanol–water partition coefficient (Wildman–Crippen LogP) is 1.71. The molecule has 0 saturated carbocycles. The van der Waals surface area contributed by atoms with Crippen molar-refractivity contribution >= 4 is 17.7 Å². The minimum absolute atomic E-state index is 0.0212. The summed E-state index contributed by atoms with van der Waals surface area (Å²) in [6, 6.07) is -1.27. The molecule has 170 valence electrons. The lowest BCUT2D eigenvalue weighted by Crippen LogP contribution is -2.56. The monoisotopic (exact) mass is 421 g/mol. The molecule has 1 heterocycles. The van der Waals surface area contributed by atoms with Crippen LogP contribution in [0.4, 0.5) is 0 Å². The molecule has 1 aliphatic carbocycles. The van der Waals surface area contributed by atoms with Gasteiger partial charge >= 0.3 is 0 Å². The summed E-state index contributed by atoms with van der Waals surface area (Å²) in [5, 5.41) is 15.6. The summed E-state index contributed by atoms with van der Waals surface area (Å²) >= 11 is 0. The third kappa shape index (κ3) is 4.88. The molecule has 0 aromatic carbocycles. The number of allylic oxidation sites excluding steroid dienone is 1. The molecule has 2 aliphatic rings. The van der Waals surface area contributed by atoms with Crippen molar-refractivity contribution < 1.29 is 19.5 Å². The largest absolute Gasteiger partial charge is 0.394 e. The van der Waals surface area contributed by atoms with Crippen molar-refractivity contribution in [2.45, 2.75) is 72.5 Å². The molecular weight excluding hydrogens is 382 g/mol. The van der Waals surface area contributed by atoms with E-state index in [2.05, 4.69) is 31.4 Å². The number of hydrogen-bond acceptors (Lipinski definition) is 4. The Balaban J connectivity index is 2.43. The lowest BCUT2D eigenvalue weighted by molar-refractivity contribution is -0.143. The smallest absolute Gasteiger partial charge is 0.243 e. The summed E-state index contributed by atoms with van der Waals surface area (Å²) in [4.78, 5) is 41.0. The molecular formula is C23H39N3O4. The summed E-state index contributed by atoms with van der Waals surface area (Å²) in [5.74, 6) is -2.33. The number of nitrogens with one attached hydrogen (secondary N) is 2. The van der Waals surface area contributed by atoms with Crippen LogP contribution in [0.2, 0.25) is 0 Å². The molecule has 0 aromatic rings. The second-order valence-corrected chi connectivity index (χ2v) is 10.8. The second kappa shape index (κ2) is 8.69. The standard InChI is InChI=1S/C23H39N3O4/c1-13-9-10-15-17(16(13)19(28)24-8)21(30)26(14(2)11-27)18(15)20(29)25-23(6,7)12-22(3,4)5/h9-10,13-18,27H,11-12H2,1-8H3,(H,24,28)(H,25,29)/t13-,14-,15+,16-,17-,18+/m1/s1. The topological polar surface area (TPSA) is 98.7 Å². The molecule has 1 fully saturated rings. The Morgan fingerprint density at radius 3 is 2.27 bits per heavy atom. The maximum Gasteiger partial charge on any atom is 0.243 e. The predicted molar refractivity (Wildman–Crippen MR) is 116 cm³/mol. The first-order valence-corrected chi connectivity index (χ1v) is 10.9. The van der Waals surface area contributed by atoms with E-state index in [-0.39, 0.29) is 35.7 Å². The molecule has 0 bridgehead atoms. The maximum atomic E-state index is 13.5.